The van der Waals surface area contributed by atoms with Crippen LogP contribution in [-0.4, -0.2) is 24.9 Å². The summed E-state index contributed by atoms with van der Waals surface area (Å²) in [5.74, 6) is 0. The minimum atomic E-state index is -3.59. The SMILES string of the molecule is CCNCc1sccc1S(=O)(=O)Nc1cncnc1. The van der Waals surface area contributed by atoms with Crippen molar-refractivity contribution in [2.24, 2.45) is 0 Å². The van der Waals surface area contributed by atoms with Gasteiger partial charge in [0.15, 0.2) is 0 Å². The third kappa shape index (κ3) is 3.49. The van der Waals surface area contributed by atoms with E-state index in [1.807, 2.05) is 6.92 Å². The minimum absolute atomic E-state index is 0.294. The summed E-state index contributed by atoms with van der Waals surface area (Å²) in [7, 11) is -3.59. The lowest BCUT2D eigenvalue weighted by Gasteiger charge is -2.08. The van der Waals surface area contributed by atoms with Crippen LogP contribution in [0.1, 0.15) is 11.8 Å². The van der Waals surface area contributed by atoms with Gasteiger partial charge in [-0.15, -0.1) is 11.3 Å². The van der Waals surface area contributed by atoms with Gasteiger partial charge in [-0.3, -0.25) is 4.72 Å². The Morgan fingerprint density at radius 2 is 2.05 bits per heavy atom. The van der Waals surface area contributed by atoms with Crippen LogP contribution in [-0.2, 0) is 16.6 Å². The monoisotopic (exact) mass is 298 g/mol. The Balaban J connectivity index is 2.22. The molecule has 0 aliphatic carbocycles. The topological polar surface area (TPSA) is 84.0 Å². The van der Waals surface area contributed by atoms with Crippen LogP contribution in [0.15, 0.2) is 35.1 Å². The third-order valence-electron chi connectivity index (χ3n) is 2.34. The van der Waals surface area contributed by atoms with Crippen LogP contribution in [0.25, 0.3) is 0 Å². The van der Waals surface area contributed by atoms with Crippen LogP contribution in [0.2, 0.25) is 0 Å². The van der Waals surface area contributed by atoms with Crippen molar-refractivity contribution in [3.8, 4) is 0 Å². The number of hydrogen-bond donors (Lipinski definition) is 2. The molecule has 19 heavy (non-hydrogen) atoms. The average Bonchev–Trinajstić information content (AvgIpc) is 2.86. The third-order valence-corrected chi connectivity index (χ3v) is 4.86. The zero-order valence-electron chi connectivity index (χ0n) is 10.3. The highest BCUT2D eigenvalue weighted by atomic mass is 32.2. The molecule has 0 fully saturated rings. The predicted octanol–water partition coefficient (Wildman–Crippen LogP) is 1.45. The first-order chi connectivity index (χ1) is 9.13. The second-order valence-electron chi connectivity index (χ2n) is 3.72. The van der Waals surface area contributed by atoms with E-state index < -0.39 is 10.0 Å². The van der Waals surface area contributed by atoms with Gasteiger partial charge in [0.25, 0.3) is 10.0 Å². The molecule has 0 bridgehead atoms. The van der Waals surface area contributed by atoms with Gasteiger partial charge in [0.05, 0.1) is 18.1 Å². The maximum atomic E-state index is 12.3. The zero-order chi connectivity index (χ0) is 13.7. The van der Waals surface area contributed by atoms with Crippen molar-refractivity contribution in [3.63, 3.8) is 0 Å². The molecule has 2 heterocycles. The Kier molecular flexibility index (Phi) is 4.46. The van der Waals surface area contributed by atoms with E-state index in [9.17, 15) is 8.42 Å². The van der Waals surface area contributed by atoms with Crippen molar-refractivity contribution >= 4 is 27.0 Å². The van der Waals surface area contributed by atoms with E-state index in [0.717, 1.165) is 11.4 Å². The Morgan fingerprint density at radius 1 is 1.32 bits per heavy atom. The molecule has 0 unspecified atom stereocenters. The lowest BCUT2D eigenvalue weighted by Crippen LogP contribution is -2.17. The summed E-state index contributed by atoms with van der Waals surface area (Å²) in [5, 5.41) is 4.89. The van der Waals surface area contributed by atoms with Crippen LogP contribution < -0.4 is 10.0 Å². The van der Waals surface area contributed by atoms with Crippen LogP contribution in [0.4, 0.5) is 5.69 Å². The van der Waals surface area contributed by atoms with E-state index >= 15 is 0 Å². The molecule has 2 aromatic rings. The summed E-state index contributed by atoms with van der Waals surface area (Å²) in [6.45, 7) is 3.30. The van der Waals surface area contributed by atoms with E-state index in [0.29, 0.717) is 17.1 Å². The lowest BCUT2D eigenvalue weighted by atomic mass is 10.4. The summed E-state index contributed by atoms with van der Waals surface area (Å²) < 4.78 is 27.0. The molecule has 2 rings (SSSR count). The molecule has 0 aliphatic rings. The minimum Gasteiger partial charge on any atom is -0.312 e. The van der Waals surface area contributed by atoms with Crippen molar-refractivity contribution in [2.45, 2.75) is 18.4 Å². The Bertz CT molecular complexity index is 625. The van der Waals surface area contributed by atoms with E-state index in [1.54, 1.807) is 11.4 Å². The first-order valence-electron chi connectivity index (χ1n) is 5.68. The smallest absolute Gasteiger partial charge is 0.263 e. The molecule has 0 saturated carbocycles. The van der Waals surface area contributed by atoms with Gasteiger partial charge in [-0.1, -0.05) is 6.92 Å². The summed E-state index contributed by atoms with van der Waals surface area (Å²) in [5.41, 5.74) is 0.350. The molecular formula is C11H14N4O2S2. The van der Waals surface area contributed by atoms with Crippen LogP contribution in [0.3, 0.4) is 0 Å². The van der Waals surface area contributed by atoms with E-state index in [4.69, 9.17) is 0 Å². The molecule has 102 valence electrons. The van der Waals surface area contributed by atoms with Gasteiger partial charge in [-0.25, -0.2) is 18.4 Å². The molecule has 0 aliphatic heterocycles. The summed E-state index contributed by atoms with van der Waals surface area (Å²) in [4.78, 5) is 8.63. The number of sulfonamides is 1. The standard InChI is InChI=1S/C11H14N4O2S2/c1-2-12-7-10-11(3-4-18-10)19(16,17)15-9-5-13-8-14-6-9/h3-6,8,12,15H,2,7H2,1H3. The quantitative estimate of drug-likeness (QED) is 0.843. The number of nitrogens with one attached hydrogen (secondary N) is 2. The summed E-state index contributed by atoms with van der Waals surface area (Å²) in [6.07, 6.45) is 4.18. The zero-order valence-corrected chi connectivity index (χ0v) is 12.0. The van der Waals surface area contributed by atoms with Gasteiger partial charge in [-0.05, 0) is 18.0 Å². The fourth-order valence-electron chi connectivity index (χ4n) is 1.50. The van der Waals surface area contributed by atoms with Crippen molar-refractivity contribution < 1.29 is 8.42 Å². The molecule has 0 atom stereocenters. The highest BCUT2D eigenvalue weighted by Gasteiger charge is 2.19. The van der Waals surface area contributed by atoms with Crippen LogP contribution in [0, 0.1) is 0 Å². The van der Waals surface area contributed by atoms with Gasteiger partial charge in [-0.2, -0.15) is 0 Å². The molecule has 8 heteroatoms. The first kappa shape index (κ1) is 13.9. The number of anilines is 1. The molecule has 0 aromatic carbocycles. The van der Waals surface area contributed by atoms with Crippen molar-refractivity contribution in [1.29, 1.82) is 0 Å². The van der Waals surface area contributed by atoms with Crippen LogP contribution >= 0.6 is 11.3 Å². The number of nitrogens with zero attached hydrogens (tertiary/aromatic N) is 2. The average molecular weight is 298 g/mol. The van der Waals surface area contributed by atoms with Gasteiger partial charge < -0.3 is 5.32 Å². The first-order valence-corrected chi connectivity index (χ1v) is 8.04. The van der Waals surface area contributed by atoms with Gasteiger partial charge in [0, 0.05) is 11.4 Å². The van der Waals surface area contributed by atoms with Crippen molar-refractivity contribution in [1.82, 2.24) is 15.3 Å². The molecule has 0 radical (unpaired) electrons. The van der Waals surface area contributed by atoms with Gasteiger partial charge in [0.2, 0.25) is 0 Å². The number of rotatable bonds is 6. The molecular weight excluding hydrogens is 284 g/mol. The van der Waals surface area contributed by atoms with Gasteiger partial charge >= 0.3 is 0 Å². The molecule has 6 nitrogen and oxygen atoms in total. The molecule has 0 saturated heterocycles. The maximum Gasteiger partial charge on any atom is 0.263 e. The Labute approximate surface area is 116 Å². The Morgan fingerprint density at radius 3 is 2.74 bits per heavy atom. The normalized spacial score (nSPS) is 11.4. The fourth-order valence-corrected chi connectivity index (χ4v) is 3.94. The Hall–Kier alpha value is -1.51. The number of thiophene rings is 1. The predicted molar refractivity (Wildman–Crippen MR) is 74.5 cm³/mol. The lowest BCUT2D eigenvalue weighted by molar-refractivity contribution is 0.599. The number of aromatic nitrogens is 2. The maximum absolute atomic E-state index is 12.3. The fraction of sp³-hybridized carbons (Fsp3) is 0.273. The van der Waals surface area contributed by atoms with E-state index in [-0.39, 0.29) is 0 Å². The highest BCUT2D eigenvalue weighted by molar-refractivity contribution is 7.93. The van der Waals surface area contributed by atoms with Crippen molar-refractivity contribution in [2.75, 3.05) is 11.3 Å². The summed E-state index contributed by atoms with van der Waals surface area (Å²) in [6, 6.07) is 1.60. The summed E-state index contributed by atoms with van der Waals surface area (Å²) >= 11 is 1.41. The van der Waals surface area contributed by atoms with Crippen molar-refractivity contribution in [3.05, 3.63) is 35.0 Å². The highest BCUT2D eigenvalue weighted by Crippen LogP contribution is 2.23. The van der Waals surface area contributed by atoms with Gasteiger partial charge in [0.1, 0.15) is 11.2 Å². The molecule has 0 spiro atoms. The number of hydrogen-bond acceptors (Lipinski definition) is 6. The van der Waals surface area contributed by atoms with E-state index in [1.165, 1.54) is 30.1 Å². The van der Waals surface area contributed by atoms with E-state index in [2.05, 4.69) is 20.0 Å². The molecule has 0 amide bonds. The second-order valence-corrected chi connectivity index (χ2v) is 6.37. The van der Waals surface area contributed by atoms with Crippen LogP contribution in [0.5, 0.6) is 0 Å². The largest absolute Gasteiger partial charge is 0.312 e. The second kappa shape index (κ2) is 6.09. The molecule has 2 aromatic heterocycles. The molecule has 2 N–H and O–H groups in total.